The fourth-order valence-corrected chi connectivity index (χ4v) is 4.97. The van der Waals surface area contributed by atoms with Crippen molar-refractivity contribution in [3.63, 3.8) is 0 Å². The molecule has 0 aromatic heterocycles. The lowest BCUT2D eigenvalue weighted by molar-refractivity contribution is -0.121. The van der Waals surface area contributed by atoms with E-state index < -0.39 is 27.6 Å². The molecule has 7 nitrogen and oxygen atoms in total. The number of hydrogen-bond acceptors (Lipinski definition) is 5. The van der Waals surface area contributed by atoms with E-state index in [0.29, 0.717) is 24.3 Å². The molecular weight excluding hydrogens is 450 g/mol. The van der Waals surface area contributed by atoms with Gasteiger partial charge < -0.3 is 5.32 Å². The number of amides is 1. The number of nitrogens with one attached hydrogen (secondary N) is 2. The molecule has 1 atom stereocenters. The molecule has 1 aliphatic heterocycles. The van der Waals surface area contributed by atoms with Gasteiger partial charge >= 0.3 is 0 Å². The summed E-state index contributed by atoms with van der Waals surface area (Å²) in [6.45, 7) is 4.14. The van der Waals surface area contributed by atoms with Crippen LogP contribution in [0, 0.1) is 19.8 Å². The predicted molar refractivity (Wildman–Crippen MR) is 132 cm³/mol. The molecule has 0 fully saturated rings. The third-order valence-electron chi connectivity index (χ3n) is 5.50. The fourth-order valence-electron chi connectivity index (χ4n) is 3.90. The lowest BCUT2D eigenvalue weighted by Crippen LogP contribution is -2.38. The molecule has 3 aromatic rings. The normalized spacial score (nSPS) is 15.0. The van der Waals surface area contributed by atoms with E-state index in [-0.39, 0.29) is 10.5 Å². The molecule has 0 spiro atoms. The molecule has 0 radical (unpaired) electrons. The van der Waals surface area contributed by atoms with Gasteiger partial charge in [0.1, 0.15) is 5.92 Å². The third-order valence-corrected chi connectivity index (χ3v) is 6.88. The van der Waals surface area contributed by atoms with Crippen LogP contribution in [0.3, 0.4) is 0 Å². The SMILES string of the molecule is Cc1cc(C)cc(NS(=O)(=O)c2ccc3c(c2)C(=O)C(C(=O)NCCc2ccccc2)C=N3)c1. The number of rotatable bonds is 7. The monoisotopic (exact) mass is 475 g/mol. The molecule has 8 heteroatoms. The Labute approximate surface area is 199 Å². The van der Waals surface area contributed by atoms with Gasteiger partial charge in [0.2, 0.25) is 5.91 Å². The number of anilines is 1. The molecule has 0 bridgehead atoms. The Kier molecular flexibility index (Phi) is 6.61. The summed E-state index contributed by atoms with van der Waals surface area (Å²) in [7, 11) is -3.94. The molecule has 1 aliphatic rings. The van der Waals surface area contributed by atoms with Gasteiger partial charge in [0.05, 0.1) is 10.6 Å². The lowest BCUT2D eigenvalue weighted by Gasteiger charge is -2.18. The highest BCUT2D eigenvalue weighted by Crippen LogP contribution is 2.30. The van der Waals surface area contributed by atoms with E-state index in [1.54, 1.807) is 12.1 Å². The molecule has 1 heterocycles. The van der Waals surface area contributed by atoms with E-state index in [2.05, 4.69) is 15.0 Å². The van der Waals surface area contributed by atoms with Crippen LogP contribution in [0.5, 0.6) is 0 Å². The number of nitrogens with zero attached hydrogens (tertiary/aromatic N) is 1. The number of aliphatic imine (C=N–C) groups is 1. The van der Waals surface area contributed by atoms with E-state index >= 15 is 0 Å². The number of benzene rings is 3. The van der Waals surface area contributed by atoms with Crippen LogP contribution >= 0.6 is 0 Å². The number of hydrogen-bond donors (Lipinski definition) is 2. The number of carbonyl (C=O) groups excluding carboxylic acids is 2. The van der Waals surface area contributed by atoms with Crippen molar-refractivity contribution in [2.75, 3.05) is 11.3 Å². The molecular formula is C26H25N3O4S. The molecule has 2 N–H and O–H groups in total. The van der Waals surface area contributed by atoms with Crippen molar-refractivity contribution in [2.24, 2.45) is 10.9 Å². The molecule has 34 heavy (non-hydrogen) atoms. The van der Waals surface area contributed by atoms with Crippen LogP contribution in [0.15, 0.2) is 76.6 Å². The zero-order chi connectivity index (χ0) is 24.3. The van der Waals surface area contributed by atoms with Gasteiger partial charge in [-0.05, 0) is 67.3 Å². The molecule has 0 saturated carbocycles. The maximum absolute atomic E-state index is 13.1. The zero-order valence-electron chi connectivity index (χ0n) is 18.9. The minimum Gasteiger partial charge on any atom is -0.355 e. The van der Waals surface area contributed by atoms with Crippen molar-refractivity contribution in [3.8, 4) is 0 Å². The molecule has 1 amide bonds. The summed E-state index contributed by atoms with van der Waals surface area (Å²) >= 11 is 0. The van der Waals surface area contributed by atoms with E-state index in [0.717, 1.165) is 16.7 Å². The zero-order valence-corrected chi connectivity index (χ0v) is 19.7. The van der Waals surface area contributed by atoms with Crippen LogP contribution in [-0.4, -0.2) is 32.9 Å². The van der Waals surface area contributed by atoms with E-state index in [1.165, 1.54) is 24.4 Å². The summed E-state index contributed by atoms with van der Waals surface area (Å²) in [6, 6.07) is 19.2. The van der Waals surface area contributed by atoms with Crippen molar-refractivity contribution < 1.29 is 18.0 Å². The van der Waals surface area contributed by atoms with Crippen molar-refractivity contribution >= 4 is 39.3 Å². The predicted octanol–water partition coefficient (Wildman–Crippen LogP) is 3.98. The Morgan fingerprint density at radius 3 is 2.38 bits per heavy atom. The molecule has 3 aromatic carbocycles. The van der Waals surface area contributed by atoms with Gasteiger partial charge in [0, 0.05) is 24.0 Å². The van der Waals surface area contributed by atoms with Crippen molar-refractivity contribution in [1.29, 1.82) is 0 Å². The second kappa shape index (κ2) is 9.61. The number of sulfonamides is 1. The number of fused-ring (bicyclic) bond motifs is 1. The van der Waals surface area contributed by atoms with Gasteiger partial charge in [-0.3, -0.25) is 19.3 Å². The first-order valence-electron chi connectivity index (χ1n) is 10.9. The first kappa shape index (κ1) is 23.4. The summed E-state index contributed by atoms with van der Waals surface area (Å²) < 4.78 is 28.5. The Morgan fingerprint density at radius 2 is 1.68 bits per heavy atom. The number of carbonyl (C=O) groups is 2. The van der Waals surface area contributed by atoms with E-state index in [4.69, 9.17) is 0 Å². The molecule has 1 unspecified atom stereocenters. The van der Waals surface area contributed by atoms with Gasteiger partial charge in [-0.2, -0.15) is 0 Å². The Bertz CT molecular complexity index is 1360. The highest BCUT2D eigenvalue weighted by atomic mass is 32.2. The van der Waals surface area contributed by atoms with Crippen LogP contribution < -0.4 is 10.0 Å². The number of Topliss-reactive ketones (excluding diaryl/α,β-unsaturated/α-hetero) is 1. The first-order chi connectivity index (χ1) is 16.2. The van der Waals surface area contributed by atoms with Crippen LogP contribution in [0.1, 0.15) is 27.0 Å². The average molecular weight is 476 g/mol. The van der Waals surface area contributed by atoms with Gasteiger partial charge in [0.25, 0.3) is 10.0 Å². The largest absolute Gasteiger partial charge is 0.355 e. The Morgan fingerprint density at radius 1 is 0.971 bits per heavy atom. The fraction of sp³-hybridized carbons (Fsp3) is 0.192. The van der Waals surface area contributed by atoms with Gasteiger partial charge in [0.15, 0.2) is 5.78 Å². The molecule has 0 saturated heterocycles. The first-order valence-corrected chi connectivity index (χ1v) is 12.4. The highest BCUT2D eigenvalue weighted by Gasteiger charge is 2.31. The van der Waals surface area contributed by atoms with Gasteiger partial charge in [-0.1, -0.05) is 36.4 Å². The summed E-state index contributed by atoms with van der Waals surface area (Å²) in [5.41, 5.74) is 3.80. The Balaban J connectivity index is 1.49. The van der Waals surface area contributed by atoms with Crippen LogP contribution in [0.4, 0.5) is 11.4 Å². The standard InChI is InChI=1S/C26H25N3O4S/c1-17-12-18(2)14-20(13-17)29-34(32,33)21-8-9-24-22(15-21)25(30)23(16-28-24)26(31)27-11-10-19-6-4-3-5-7-19/h3-9,12-16,23,29H,10-11H2,1-2H3,(H,27,31). The maximum Gasteiger partial charge on any atom is 0.261 e. The van der Waals surface area contributed by atoms with Crippen molar-refractivity contribution in [1.82, 2.24) is 5.32 Å². The molecule has 4 rings (SSSR count). The molecule has 174 valence electrons. The quantitative estimate of drug-likeness (QED) is 0.504. The minimum absolute atomic E-state index is 0.0703. The number of aryl methyl sites for hydroxylation is 2. The summed E-state index contributed by atoms with van der Waals surface area (Å²) in [5.74, 6) is -2.05. The number of ketones is 1. The summed E-state index contributed by atoms with van der Waals surface area (Å²) in [5, 5.41) is 2.77. The summed E-state index contributed by atoms with van der Waals surface area (Å²) in [6.07, 6.45) is 1.94. The van der Waals surface area contributed by atoms with Crippen molar-refractivity contribution in [3.05, 3.63) is 89.0 Å². The summed E-state index contributed by atoms with van der Waals surface area (Å²) in [4.78, 5) is 29.8. The van der Waals surface area contributed by atoms with Crippen LogP contribution in [0.25, 0.3) is 0 Å². The lowest BCUT2D eigenvalue weighted by atomic mass is 9.94. The smallest absolute Gasteiger partial charge is 0.261 e. The minimum atomic E-state index is -3.94. The highest BCUT2D eigenvalue weighted by molar-refractivity contribution is 7.92. The average Bonchev–Trinajstić information content (AvgIpc) is 2.79. The molecule has 0 aliphatic carbocycles. The van der Waals surface area contributed by atoms with E-state index in [1.807, 2.05) is 50.2 Å². The third kappa shape index (κ3) is 5.23. The van der Waals surface area contributed by atoms with E-state index in [9.17, 15) is 18.0 Å². The maximum atomic E-state index is 13.1. The van der Waals surface area contributed by atoms with Gasteiger partial charge in [-0.15, -0.1) is 0 Å². The van der Waals surface area contributed by atoms with Gasteiger partial charge in [-0.25, -0.2) is 8.42 Å². The van der Waals surface area contributed by atoms with Crippen LogP contribution in [0.2, 0.25) is 0 Å². The topological polar surface area (TPSA) is 105 Å². The Hall–Kier alpha value is -3.78. The van der Waals surface area contributed by atoms with Crippen LogP contribution in [-0.2, 0) is 21.2 Å². The second-order valence-corrected chi connectivity index (χ2v) is 9.99. The van der Waals surface area contributed by atoms with Crippen molar-refractivity contribution in [2.45, 2.75) is 25.2 Å². The second-order valence-electron chi connectivity index (χ2n) is 8.31.